The van der Waals surface area contributed by atoms with Gasteiger partial charge in [-0.15, -0.1) is 0 Å². The number of aryl methyl sites for hydroxylation is 2. The average Bonchev–Trinajstić information content (AvgIpc) is 2.78. The number of hydrogen-bond acceptors (Lipinski definition) is 6. The zero-order valence-corrected chi connectivity index (χ0v) is 18.8. The Labute approximate surface area is 187 Å². The molecule has 1 fully saturated rings. The first-order chi connectivity index (χ1) is 15.2. The number of ether oxygens (including phenoxy) is 1. The number of non-ortho nitro benzene ring substituents is 1. The molecule has 2 amide bonds. The number of rotatable bonds is 7. The van der Waals surface area contributed by atoms with Crippen LogP contribution in [0.2, 0.25) is 0 Å². The first kappa shape index (κ1) is 23.5. The molecule has 0 atom stereocenters. The van der Waals surface area contributed by atoms with Crippen molar-refractivity contribution in [2.45, 2.75) is 18.7 Å². The predicted molar refractivity (Wildman–Crippen MR) is 118 cm³/mol. The van der Waals surface area contributed by atoms with Gasteiger partial charge in [-0.2, -0.15) is 4.31 Å². The van der Waals surface area contributed by atoms with E-state index in [0.29, 0.717) is 13.2 Å². The second-order valence-electron chi connectivity index (χ2n) is 7.49. The Balaban J connectivity index is 1.48. The van der Waals surface area contributed by atoms with E-state index in [0.717, 1.165) is 22.9 Å². The van der Waals surface area contributed by atoms with Gasteiger partial charge in [-0.1, -0.05) is 23.8 Å². The van der Waals surface area contributed by atoms with Crippen LogP contribution in [-0.4, -0.2) is 67.9 Å². The molecular formula is C21H26N4O6S. The van der Waals surface area contributed by atoms with Gasteiger partial charge in [0.15, 0.2) is 0 Å². The molecule has 0 unspecified atom stereocenters. The van der Waals surface area contributed by atoms with E-state index in [9.17, 15) is 23.3 Å². The summed E-state index contributed by atoms with van der Waals surface area (Å²) in [6.07, 6.45) is 0. The molecule has 0 aromatic heterocycles. The van der Waals surface area contributed by atoms with Crippen LogP contribution in [0.25, 0.3) is 0 Å². The van der Waals surface area contributed by atoms with Crippen molar-refractivity contribution >= 4 is 21.7 Å². The van der Waals surface area contributed by atoms with Crippen molar-refractivity contribution in [3.8, 4) is 5.75 Å². The fourth-order valence-electron chi connectivity index (χ4n) is 3.43. The van der Waals surface area contributed by atoms with Crippen LogP contribution in [0, 0.1) is 24.0 Å². The molecule has 1 heterocycles. The van der Waals surface area contributed by atoms with Crippen molar-refractivity contribution in [1.82, 2.24) is 14.5 Å². The van der Waals surface area contributed by atoms with Gasteiger partial charge < -0.3 is 15.0 Å². The van der Waals surface area contributed by atoms with Crippen LogP contribution in [0.15, 0.2) is 47.4 Å². The van der Waals surface area contributed by atoms with Gasteiger partial charge in [0, 0.05) is 38.3 Å². The third-order valence-corrected chi connectivity index (χ3v) is 7.05. The first-order valence-electron chi connectivity index (χ1n) is 10.2. The monoisotopic (exact) mass is 462 g/mol. The Morgan fingerprint density at radius 2 is 1.84 bits per heavy atom. The minimum atomic E-state index is -3.88. The van der Waals surface area contributed by atoms with Crippen molar-refractivity contribution in [1.29, 1.82) is 0 Å². The average molecular weight is 463 g/mol. The number of nitro groups is 1. The highest BCUT2D eigenvalue weighted by Crippen LogP contribution is 2.22. The smallest absolute Gasteiger partial charge is 0.317 e. The summed E-state index contributed by atoms with van der Waals surface area (Å²) in [6, 6.07) is 10.5. The van der Waals surface area contributed by atoms with E-state index in [1.54, 1.807) is 0 Å². The molecule has 1 saturated heterocycles. The third-order valence-electron chi connectivity index (χ3n) is 5.16. The Bertz CT molecular complexity index is 1100. The minimum absolute atomic E-state index is 0.109. The molecule has 1 aliphatic heterocycles. The predicted octanol–water partition coefficient (Wildman–Crippen LogP) is 2.31. The summed E-state index contributed by atoms with van der Waals surface area (Å²) >= 11 is 0. The number of hydrogen-bond donors (Lipinski definition) is 1. The summed E-state index contributed by atoms with van der Waals surface area (Å²) in [7, 11) is -3.88. The number of nitro benzene ring substituents is 1. The van der Waals surface area contributed by atoms with Crippen LogP contribution in [0.1, 0.15) is 11.1 Å². The lowest BCUT2D eigenvalue weighted by molar-refractivity contribution is -0.385. The number of carbonyl (C=O) groups is 1. The zero-order valence-electron chi connectivity index (χ0n) is 18.0. The van der Waals surface area contributed by atoms with E-state index < -0.39 is 14.9 Å². The lowest BCUT2D eigenvalue weighted by Crippen LogP contribution is -2.53. The fourth-order valence-corrected chi connectivity index (χ4v) is 4.89. The Morgan fingerprint density at radius 1 is 1.12 bits per heavy atom. The third kappa shape index (κ3) is 5.54. The van der Waals surface area contributed by atoms with Crippen LogP contribution in [0.4, 0.5) is 10.5 Å². The molecular weight excluding hydrogens is 436 g/mol. The number of urea groups is 1. The van der Waals surface area contributed by atoms with Gasteiger partial charge in [0.25, 0.3) is 5.69 Å². The quantitative estimate of drug-likeness (QED) is 0.383. The van der Waals surface area contributed by atoms with Crippen molar-refractivity contribution in [3.63, 3.8) is 0 Å². The maximum absolute atomic E-state index is 12.8. The second kappa shape index (κ2) is 9.96. The lowest BCUT2D eigenvalue weighted by atomic mass is 10.1. The van der Waals surface area contributed by atoms with Crippen molar-refractivity contribution in [2.75, 3.05) is 39.3 Å². The number of amides is 2. The molecule has 1 N–H and O–H groups in total. The van der Waals surface area contributed by atoms with Crippen LogP contribution in [-0.2, 0) is 10.0 Å². The molecule has 0 spiro atoms. The molecule has 172 valence electrons. The highest BCUT2D eigenvalue weighted by Gasteiger charge is 2.30. The van der Waals surface area contributed by atoms with E-state index in [4.69, 9.17) is 4.74 Å². The molecule has 0 aliphatic carbocycles. The lowest BCUT2D eigenvalue weighted by Gasteiger charge is -2.33. The highest BCUT2D eigenvalue weighted by molar-refractivity contribution is 7.89. The molecule has 1 aliphatic rings. The van der Waals surface area contributed by atoms with Crippen LogP contribution in [0.3, 0.4) is 0 Å². The minimum Gasteiger partial charge on any atom is -0.491 e. The summed E-state index contributed by atoms with van der Waals surface area (Å²) in [5.74, 6) is 0.768. The van der Waals surface area contributed by atoms with Crippen molar-refractivity contribution in [2.24, 2.45) is 0 Å². The van der Waals surface area contributed by atoms with Crippen molar-refractivity contribution in [3.05, 3.63) is 63.7 Å². The van der Waals surface area contributed by atoms with E-state index in [-0.39, 0.29) is 42.8 Å². The molecule has 2 aromatic carbocycles. The largest absolute Gasteiger partial charge is 0.491 e. The van der Waals surface area contributed by atoms with Gasteiger partial charge >= 0.3 is 6.03 Å². The maximum Gasteiger partial charge on any atom is 0.317 e. The summed E-state index contributed by atoms with van der Waals surface area (Å²) in [5, 5.41) is 13.7. The molecule has 2 aromatic rings. The number of sulfonamides is 1. The number of benzene rings is 2. The highest BCUT2D eigenvalue weighted by atomic mass is 32.2. The van der Waals surface area contributed by atoms with Gasteiger partial charge in [0.2, 0.25) is 10.0 Å². The number of piperazine rings is 1. The summed E-state index contributed by atoms with van der Waals surface area (Å²) in [5.41, 5.74) is 1.89. The number of nitrogens with zero attached hydrogens (tertiary/aromatic N) is 3. The Kier molecular flexibility index (Phi) is 7.31. The summed E-state index contributed by atoms with van der Waals surface area (Å²) in [4.78, 5) is 24.1. The first-order valence-corrected chi connectivity index (χ1v) is 11.6. The number of nitrogens with one attached hydrogen (secondary N) is 1. The van der Waals surface area contributed by atoms with E-state index in [1.165, 1.54) is 27.4 Å². The fraction of sp³-hybridized carbons (Fsp3) is 0.381. The van der Waals surface area contributed by atoms with Crippen molar-refractivity contribution < 1.29 is 22.9 Å². The maximum atomic E-state index is 12.8. The molecule has 3 rings (SSSR count). The van der Waals surface area contributed by atoms with Crippen LogP contribution < -0.4 is 10.1 Å². The zero-order chi connectivity index (χ0) is 23.3. The van der Waals surface area contributed by atoms with Crippen LogP contribution in [0.5, 0.6) is 5.75 Å². The summed E-state index contributed by atoms with van der Waals surface area (Å²) < 4.78 is 32.5. The van der Waals surface area contributed by atoms with E-state index in [1.807, 2.05) is 32.0 Å². The Morgan fingerprint density at radius 3 is 2.50 bits per heavy atom. The molecule has 11 heteroatoms. The molecule has 10 nitrogen and oxygen atoms in total. The van der Waals surface area contributed by atoms with Gasteiger partial charge in [-0.3, -0.25) is 10.1 Å². The second-order valence-corrected chi connectivity index (χ2v) is 9.43. The van der Waals surface area contributed by atoms with Gasteiger partial charge in [0.05, 0.1) is 16.4 Å². The molecule has 0 bridgehead atoms. The SMILES string of the molecule is Cc1ccc(OCCNC(=O)N2CCN(S(=O)(=O)c3cccc([N+](=O)[O-])c3)CC2)c(C)c1. The standard InChI is InChI=1S/C21H26N4O6S/c1-16-6-7-20(17(2)14-16)31-13-8-22-21(26)23-9-11-24(12-10-23)32(29,30)19-5-3-4-18(15-19)25(27)28/h3-7,14-15H,8-13H2,1-2H3,(H,22,26). The Hall–Kier alpha value is -3.18. The van der Waals surface area contributed by atoms with E-state index >= 15 is 0 Å². The molecule has 32 heavy (non-hydrogen) atoms. The molecule has 0 saturated carbocycles. The van der Waals surface area contributed by atoms with Gasteiger partial charge in [0.1, 0.15) is 12.4 Å². The summed E-state index contributed by atoms with van der Waals surface area (Å²) in [6.45, 7) is 5.26. The van der Waals surface area contributed by atoms with Crippen LogP contribution >= 0.6 is 0 Å². The topological polar surface area (TPSA) is 122 Å². The number of carbonyl (C=O) groups excluding carboxylic acids is 1. The van der Waals surface area contributed by atoms with Gasteiger partial charge in [-0.25, -0.2) is 13.2 Å². The molecule has 0 radical (unpaired) electrons. The van der Waals surface area contributed by atoms with E-state index in [2.05, 4.69) is 5.32 Å². The normalized spacial score (nSPS) is 14.8. The van der Waals surface area contributed by atoms with Gasteiger partial charge in [-0.05, 0) is 31.5 Å².